The van der Waals surface area contributed by atoms with E-state index in [1.54, 1.807) is 0 Å². The second kappa shape index (κ2) is 4.94. The molecule has 0 radical (unpaired) electrons. The maximum Gasteiger partial charge on any atom is 0.0999 e. The van der Waals surface area contributed by atoms with Crippen LogP contribution in [0.5, 0.6) is 0 Å². The van der Waals surface area contributed by atoms with Gasteiger partial charge in [-0.05, 0) is 12.1 Å². The van der Waals surface area contributed by atoms with Gasteiger partial charge in [-0.3, -0.25) is 0 Å². The first-order valence-electron chi connectivity index (χ1n) is 6.21. The zero-order valence-electron chi connectivity index (χ0n) is 10.5. The molecule has 0 aliphatic carbocycles. The summed E-state index contributed by atoms with van der Waals surface area (Å²) in [5.74, 6) is 0. The maximum atomic E-state index is 4.67. The molecule has 0 bridgehead atoms. The van der Waals surface area contributed by atoms with Gasteiger partial charge < -0.3 is 0 Å². The molecule has 0 fully saturated rings. The average Bonchev–Trinajstić information content (AvgIpc) is 2.93. The third-order valence-corrected chi connectivity index (χ3v) is 3.03. The number of nitrogens with zero attached hydrogens (tertiary/aromatic N) is 2. The Bertz CT molecular complexity index is 682. The molecule has 2 heteroatoms. The minimum absolute atomic E-state index is 0.958. The van der Waals surface area contributed by atoms with Gasteiger partial charge in [0.05, 0.1) is 11.4 Å². The lowest BCUT2D eigenvalue weighted by Crippen LogP contribution is -1.93. The van der Waals surface area contributed by atoms with Crippen molar-refractivity contribution in [1.29, 1.82) is 0 Å². The first kappa shape index (κ1) is 11.5. The van der Waals surface area contributed by atoms with Crippen LogP contribution in [0.4, 0.5) is 0 Å². The fraction of sp³-hybridized carbons (Fsp3) is 0. The number of hydrogen-bond acceptors (Lipinski definition) is 1. The van der Waals surface area contributed by atoms with E-state index in [1.807, 2.05) is 65.5 Å². The molecule has 0 atom stereocenters. The fourth-order valence-corrected chi connectivity index (χ4v) is 2.07. The van der Waals surface area contributed by atoms with Crippen LogP contribution in [-0.4, -0.2) is 9.78 Å². The Morgan fingerprint density at radius 2 is 1.53 bits per heavy atom. The Hall–Kier alpha value is -2.61. The third kappa shape index (κ3) is 2.20. The standard InChI is InChI=1S/C17H14N2/c1-2-14-13-19(16-11-7-4-8-12-16)18-17(14)15-9-5-3-6-10-15/h2-13H,1H2. The lowest BCUT2D eigenvalue weighted by atomic mass is 10.1. The highest BCUT2D eigenvalue weighted by molar-refractivity contribution is 5.71. The second-order valence-corrected chi connectivity index (χ2v) is 4.28. The topological polar surface area (TPSA) is 17.8 Å². The van der Waals surface area contributed by atoms with E-state index < -0.39 is 0 Å². The molecule has 0 unspecified atom stereocenters. The van der Waals surface area contributed by atoms with Crippen LogP contribution >= 0.6 is 0 Å². The smallest absolute Gasteiger partial charge is 0.0999 e. The van der Waals surface area contributed by atoms with Gasteiger partial charge in [-0.1, -0.05) is 61.2 Å². The van der Waals surface area contributed by atoms with Crippen LogP contribution in [0.2, 0.25) is 0 Å². The summed E-state index contributed by atoms with van der Waals surface area (Å²) in [7, 11) is 0. The molecule has 1 aromatic heterocycles. The van der Waals surface area contributed by atoms with Gasteiger partial charge in [-0.25, -0.2) is 4.68 Å². The van der Waals surface area contributed by atoms with Crippen molar-refractivity contribution in [2.45, 2.75) is 0 Å². The lowest BCUT2D eigenvalue weighted by Gasteiger charge is -2.00. The molecule has 0 N–H and O–H groups in total. The fourth-order valence-electron chi connectivity index (χ4n) is 2.07. The van der Waals surface area contributed by atoms with Crippen LogP contribution in [0.1, 0.15) is 5.56 Å². The number of para-hydroxylation sites is 1. The van der Waals surface area contributed by atoms with Gasteiger partial charge in [0, 0.05) is 17.3 Å². The van der Waals surface area contributed by atoms with Crippen molar-refractivity contribution in [3.05, 3.63) is 79.0 Å². The molecule has 2 nitrogen and oxygen atoms in total. The zero-order chi connectivity index (χ0) is 13.1. The lowest BCUT2D eigenvalue weighted by molar-refractivity contribution is 0.884. The number of aromatic nitrogens is 2. The van der Waals surface area contributed by atoms with E-state index in [4.69, 9.17) is 0 Å². The van der Waals surface area contributed by atoms with Crippen LogP contribution in [0.3, 0.4) is 0 Å². The molecule has 92 valence electrons. The maximum absolute atomic E-state index is 4.67. The number of rotatable bonds is 3. The molecular weight excluding hydrogens is 232 g/mol. The predicted octanol–water partition coefficient (Wildman–Crippen LogP) is 4.18. The minimum atomic E-state index is 0.958. The molecular formula is C17H14N2. The van der Waals surface area contributed by atoms with Gasteiger partial charge >= 0.3 is 0 Å². The summed E-state index contributed by atoms with van der Waals surface area (Å²) in [6.45, 7) is 3.87. The summed E-state index contributed by atoms with van der Waals surface area (Å²) in [4.78, 5) is 0. The first-order valence-corrected chi connectivity index (χ1v) is 6.21. The molecule has 3 aromatic rings. The summed E-state index contributed by atoms with van der Waals surface area (Å²) < 4.78 is 1.89. The van der Waals surface area contributed by atoms with Gasteiger partial charge in [0.25, 0.3) is 0 Å². The second-order valence-electron chi connectivity index (χ2n) is 4.28. The Kier molecular flexibility index (Phi) is 2.99. The highest BCUT2D eigenvalue weighted by atomic mass is 15.3. The Morgan fingerprint density at radius 1 is 0.895 bits per heavy atom. The monoisotopic (exact) mass is 246 g/mol. The molecule has 2 aromatic carbocycles. The van der Waals surface area contributed by atoms with Crippen molar-refractivity contribution in [2.75, 3.05) is 0 Å². The van der Waals surface area contributed by atoms with E-state index in [-0.39, 0.29) is 0 Å². The van der Waals surface area contributed by atoms with Gasteiger partial charge in [0.15, 0.2) is 0 Å². The summed E-state index contributed by atoms with van der Waals surface area (Å²) in [5, 5.41) is 4.67. The third-order valence-electron chi connectivity index (χ3n) is 3.03. The molecule has 0 aliphatic rings. The van der Waals surface area contributed by atoms with Gasteiger partial charge in [0.1, 0.15) is 0 Å². The Balaban J connectivity index is 2.12. The van der Waals surface area contributed by atoms with Crippen LogP contribution < -0.4 is 0 Å². The normalized spacial score (nSPS) is 10.3. The molecule has 19 heavy (non-hydrogen) atoms. The van der Waals surface area contributed by atoms with Gasteiger partial charge in [-0.15, -0.1) is 0 Å². The van der Waals surface area contributed by atoms with Crippen LogP contribution in [0.15, 0.2) is 73.4 Å². The largest absolute Gasteiger partial charge is 0.240 e. The summed E-state index contributed by atoms with van der Waals surface area (Å²) in [5.41, 5.74) is 4.15. The molecule has 1 heterocycles. The van der Waals surface area contributed by atoms with Gasteiger partial charge in [-0.2, -0.15) is 5.10 Å². The Morgan fingerprint density at radius 3 is 2.16 bits per heavy atom. The van der Waals surface area contributed by atoms with E-state index in [0.29, 0.717) is 0 Å². The van der Waals surface area contributed by atoms with Crippen molar-refractivity contribution in [3.8, 4) is 16.9 Å². The minimum Gasteiger partial charge on any atom is -0.240 e. The predicted molar refractivity (Wildman–Crippen MR) is 79.1 cm³/mol. The van der Waals surface area contributed by atoms with Crippen molar-refractivity contribution < 1.29 is 0 Å². The van der Waals surface area contributed by atoms with Crippen LogP contribution in [0.25, 0.3) is 23.0 Å². The highest BCUT2D eigenvalue weighted by Gasteiger charge is 2.09. The zero-order valence-corrected chi connectivity index (χ0v) is 10.5. The average molecular weight is 246 g/mol. The summed E-state index contributed by atoms with van der Waals surface area (Å²) >= 11 is 0. The molecule has 0 saturated heterocycles. The van der Waals surface area contributed by atoms with E-state index in [9.17, 15) is 0 Å². The van der Waals surface area contributed by atoms with Crippen molar-refractivity contribution in [3.63, 3.8) is 0 Å². The SMILES string of the molecule is C=Cc1cn(-c2ccccc2)nc1-c1ccccc1. The van der Waals surface area contributed by atoms with E-state index in [0.717, 1.165) is 22.5 Å². The van der Waals surface area contributed by atoms with Crippen molar-refractivity contribution >= 4 is 6.08 Å². The van der Waals surface area contributed by atoms with E-state index in [2.05, 4.69) is 23.8 Å². The molecule has 3 rings (SSSR count). The quantitative estimate of drug-likeness (QED) is 0.677. The highest BCUT2D eigenvalue weighted by Crippen LogP contribution is 2.24. The molecule has 0 spiro atoms. The Labute approximate surface area is 112 Å². The summed E-state index contributed by atoms with van der Waals surface area (Å²) in [6.07, 6.45) is 3.85. The number of benzene rings is 2. The van der Waals surface area contributed by atoms with Crippen LogP contribution in [-0.2, 0) is 0 Å². The van der Waals surface area contributed by atoms with Gasteiger partial charge in [0.2, 0.25) is 0 Å². The number of hydrogen-bond donors (Lipinski definition) is 0. The van der Waals surface area contributed by atoms with Crippen molar-refractivity contribution in [1.82, 2.24) is 9.78 Å². The molecule has 0 amide bonds. The van der Waals surface area contributed by atoms with Crippen LogP contribution in [0, 0.1) is 0 Å². The summed E-state index contributed by atoms with van der Waals surface area (Å²) in [6, 6.07) is 20.2. The van der Waals surface area contributed by atoms with Crippen molar-refractivity contribution in [2.24, 2.45) is 0 Å². The van der Waals surface area contributed by atoms with E-state index >= 15 is 0 Å². The van der Waals surface area contributed by atoms with E-state index in [1.165, 1.54) is 0 Å². The first-order chi connectivity index (χ1) is 9.38. The molecule has 0 aliphatic heterocycles. The molecule has 0 saturated carbocycles.